The Hall–Kier alpha value is -2.28. The second-order valence-corrected chi connectivity index (χ2v) is 4.93. The number of aryl methyl sites for hydroxylation is 2. The molecule has 0 bridgehead atoms. The molecule has 0 N–H and O–H groups in total. The van der Waals surface area contributed by atoms with E-state index in [4.69, 9.17) is 4.42 Å². The van der Waals surface area contributed by atoms with Crippen LogP contribution in [0.15, 0.2) is 65.5 Å². The van der Waals surface area contributed by atoms with Crippen molar-refractivity contribution in [3.05, 3.63) is 72.2 Å². The minimum absolute atomic E-state index is 1.14. The van der Waals surface area contributed by atoms with E-state index in [0.717, 1.165) is 11.1 Å². The van der Waals surface area contributed by atoms with Crippen LogP contribution in [0.25, 0.3) is 22.3 Å². The maximum atomic E-state index is 5.41. The van der Waals surface area contributed by atoms with Crippen molar-refractivity contribution in [1.82, 2.24) is 0 Å². The Balaban J connectivity index is 2.07. The van der Waals surface area contributed by atoms with Gasteiger partial charge in [-0.1, -0.05) is 59.7 Å². The molecule has 94 valence electrons. The van der Waals surface area contributed by atoms with Gasteiger partial charge in [-0.3, -0.25) is 0 Å². The van der Waals surface area contributed by atoms with Gasteiger partial charge in [0.2, 0.25) is 0 Å². The Morgan fingerprint density at radius 3 is 1.32 bits per heavy atom. The second kappa shape index (κ2) is 4.77. The zero-order valence-corrected chi connectivity index (χ0v) is 11.2. The summed E-state index contributed by atoms with van der Waals surface area (Å²) < 4.78 is 5.41. The molecule has 0 radical (unpaired) electrons. The predicted molar refractivity (Wildman–Crippen MR) is 79.1 cm³/mol. The van der Waals surface area contributed by atoms with Crippen LogP contribution in [0.4, 0.5) is 0 Å². The first-order valence-corrected chi connectivity index (χ1v) is 6.44. The van der Waals surface area contributed by atoms with Crippen LogP contribution in [0.3, 0.4) is 0 Å². The number of hydrogen-bond acceptors (Lipinski definition) is 1. The zero-order valence-electron chi connectivity index (χ0n) is 11.2. The maximum Gasteiger partial charge on any atom is 0.0987 e. The molecule has 0 spiro atoms. The minimum atomic E-state index is 1.14. The summed E-state index contributed by atoms with van der Waals surface area (Å²) in [5.74, 6) is 0. The molecule has 0 fully saturated rings. The van der Waals surface area contributed by atoms with E-state index in [9.17, 15) is 0 Å². The first-order valence-electron chi connectivity index (χ1n) is 6.44. The molecular formula is C18H16O. The van der Waals surface area contributed by atoms with Crippen LogP contribution in [0, 0.1) is 13.8 Å². The molecule has 19 heavy (non-hydrogen) atoms. The van der Waals surface area contributed by atoms with Crippen LogP contribution >= 0.6 is 0 Å². The van der Waals surface area contributed by atoms with Crippen LogP contribution in [-0.2, 0) is 0 Å². The molecule has 3 aromatic rings. The lowest BCUT2D eigenvalue weighted by Crippen LogP contribution is -1.81. The van der Waals surface area contributed by atoms with Gasteiger partial charge in [-0.05, 0) is 25.0 Å². The van der Waals surface area contributed by atoms with Crippen LogP contribution in [-0.4, -0.2) is 0 Å². The van der Waals surface area contributed by atoms with E-state index < -0.39 is 0 Å². The topological polar surface area (TPSA) is 13.1 Å². The van der Waals surface area contributed by atoms with Gasteiger partial charge in [0.15, 0.2) is 0 Å². The monoisotopic (exact) mass is 248 g/mol. The zero-order chi connectivity index (χ0) is 13.2. The van der Waals surface area contributed by atoms with Crippen molar-refractivity contribution in [2.75, 3.05) is 0 Å². The lowest BCUT2D eigenvalue weighted by atomic mass is 9.98. The van der Waals surface area contributed by atoms with Crippen molar-refractivity contribution in [3.63, 3.8) is 0 Å². The quantitative estimate of drug-likeness (QED) is 0.605. The molecule has 0 saturated carbocycles. The maximum absolute atomic E-state index is 5.41. The molecule has 3 rings (SSSR count). The summed E-state index contributed by atoms with van der Waals surface area (Å²) in [7, 11) is 0. The molecule has 0 aliphatic heterocycles. The normalized spacial score (nSPS) is 10.6. The highest BCUT2D eigenvalue weighted by Crippen LogP contribution is 2.33. The van der Waals surface area contributed by atoms with Gasteiger partial charge >= 0.3 is 0 Å². The van der Waals surface area contributed by atoms with Gasteiger partial charge in [0.05, 0.1) is 12.5 Å². The predicted octanol–water partition coefficient (Wildman–Crippen LogP) is 5.23. The third kappa shape index (κ3) is 2.32. The van der Waals surface area contributed by atoms with Crippen molar-refractivity contribution in [3.8, 4) is 22.3 Å². The Morgan fingerprint density at radius 2 is 0.947 bits per heavy atom. The van der Waals surface area contributed by atoms with E-state index in [1.165, 1.54) is 22.3 Å². The van der Waals surface area contributed by atoms with Gasteiger partial charge < -0.3 is 4.42 Å². The Kier molecular flexibility index (Phi) is 2.96. The van der Waals surface area contributed by atoms with E-state index in [0.29, 0.717) is 0 Å². The van der Waals surface area contributed by atoms with Crippen molar-refractivity contribution in [1.29, 1.82) is 0 Å². The fraction of sp³-hybridized carbons (Fsp3) is 0.111. The highest BCUT2D eigenvalue weighted by Gasteiger charge is 2.09. The molecule has 0 aliphatic carbocycles. The van der Waals surface area contributed by atoms with E-state index >= 15 is 0 Å². The van der Waals surface area contributed by atoms with Crippen molar-refractivity contribution < 1.29 is 4.42 Å². The van der Waals surface area contributed by atoms with E-state index in [2.05, 4.69) is 62.4 Å². The fourth-order valence-corrected chi connectivity index (χ4v) is 2.21. The molecule has 1 heterocycles. The van der Waals surface area contributed by atoms with Crippen LogP contribution < -0.4 is 0 Å². The fourth-order valence-electron chi connectivity index (χ4n) is 2.21. The molecule has 1 heteroatoms. The van der Waals surface area contributed by atoms with Gasteiger partial charge in [0.1, 0.15) is 0 Å². The summed E-state index contributed by atoms with van der Waals surface area (Å²) in [5, 5.41) is 0. The summed E-state index contributed by atoms with van der Waals surface area (Å²) in [6, 6.07) is 17.1. The van der Waals surface area contributed by atoms with E-state index in [-0.39, 0.29) is 0 Å². The van der Waals surface area contributed by atoms with Crippen LogP contribution in [0.5, 0.6) is 0 Å². The Bertz CT molecular complexity index is 612. The van der Waals surface area contributed by atoms with Gasteiger partial charge in [0.25, 0.3) is 0 Å². The molecule has 1 nitrogen and oxygen atoms in total. The first-order chi connectivity index (χ1) is 9.24. The standard InChI is InChI=1S/C18H16O/c1-13-3-7-15(8-4-13)17-11-19-12-18(17)16-9-5-14(2)6-10-16/h3-12H,1-2H3. The third-order valence-corrected chi connectivity index (χ3v) is 3.39. The summed E-state index contributed by atoms with van der Waals surface area (Å²) in [5.41, 5.74) is 7.20. The molecular weight excluding hydrogens is 232 g/mol. The molecule has 0 unspecified atom stereocenters. The molecule has 0 atom stereocenters. The van der Waals surface area contributed by atoms with Gasteiger partial charge in [0, 0.05) is 11.1 Å². The Labute approximate surface area is 113 Å². The molecule has 0 amide bonds. The van der Waals surface area contributed by atoms with Crippen molar-refractivity contribution in [2.45, 2.75) is 13.8 Å². The summed E-state index contributed by atoms with van der Waals surface area (Å²) in [6.07, 6.45) is 3.64. The van der Waals surface area contributed by atoms with Gasteiger partial charge in [-0.25, -0.2) is 0 Å². The molecule has 0 aliphatic rings. The third-order valence-electron chi connectivity index (χ3n) is 3.39. The highest BCUT2D eigenvalue weighted by molar-refractivity contribution is 5.82. The lowest BCUT2D eigenvalue weighted by Gasteiger charge is -2.04. The number of furan rings is 1. The summed E-state index contributed by atoms with van der Waals surface area (Å²) >= 11 is 0. The SMILES string of the molecule is Cc1ccc(-c2cocc2-c2ccc(C)cc2)cc1. The van der Waals surface area contributed by atoms with Crippen molar-refractivity contribution >= 4 is 0 Å². The molecule has 2 aromatic carbocycles. The average molecular weight is 248 g/mol. The summed E-state index contributed by atoms with van der Waals surface area (Å²) in [4.78, 5) is 0. The van der Waals surface area contributed by atoms with Gasteiger partial charge in [-0.2, -0.15) is 0 Å². The summed E-state index contributed by atoms with van der Waals surface area (Å²) in [6.45, 7) is 4.19. The second-order valence-electron chi connectivity index (χ2n) is 4.93. The Morgan fingerprint density at radius 1 is 0.579 bits per heavy atom. The van der Waals surface area contributed by atoms with Crippen molar-refractivity contribution in [2.24, 2.45) is 0 Å². The minimum Gasteiger partial charge on any atom is -0.471 e. The van der Waals surface area contributed by atoms with Crippen LogP contribution in [0.2, 0.25) is 0 Å². The lowest BCUT2D eigenvalue weighted by molar-refractivity contribution is 0.569. The number of rotatable bonds is 2. The number of hydrogen-bond donors (Lipinski definition) is 0. The first kappa shape index (κ1) is 11.8. The van der Waals surface area contributed by atoms with E-state index in [1.807, 2.05) is 12.5 Å². The van der Waals surface area contributed by atoms with Gasteiger partial charge in [-0.15, -0.1) is 0 Å². The average Bonchev–Trinajstić information content (AvgIpc) is 2.90. The van der Waals surface area contributed by atoms with E-state index in [1.54, 1.807) is 0 Å². The highest BCUT2D eigenvalue weighted by atomic mass is 16.3. The molecule has 1 aromatic heterocycles. The molecule has 0 saturated heterocycles. The number of benzene rings is 2. The van der Waals surface area contributed by atoms with Crippen LogP contribution in [0.1, 0.15) is 11.1 Å². The smallest absolute Gasteiger partial charge is 0.0987 e. The largest absolute Gasteiger partial charge is 0.471 e.